The highest BCUT2D eigenvalue weighted by molar-refractivity contribution is 7.92. The lowest BCUT2D eigenvalue weighted by Crippen LogP contribution is -2.32. The van der Waals surface area contributed by atoms with Crippen LogP contribution in [0.4, 0.5) is 10.1 Å². The Morgan fingerprint density at radius 3 is 2.33 bits per heavy atom. The highest BCUT2D eigenvalue weighted by atomic mass is 32.2. The Balaban J connectivity index is 1.81. The molecule has 0 aromatic heterocycles. The molecule has 0 radical (unpaired) electrons. The van der Waals surface area contributed by atoms with Crippen LogP contribution in [0.3, 0.4) is 0 Å². The zero-order valence-electron chi connectivity index (χ0n) is 17.4. The van der Waals surface area contributed by atoms with Gasteiger partial charge in [-0.05, 0) is 54.8 Å². The Kier molecular flexibility index (Phi) is 8.46. The average molecular weight is 439 g/mol. The van der Waals surface area contributed by atoms with Crippen molar-refractivity contribution in [2.45, 2.75) is 19.3 Å². The fourth-order valence-electron chi connectivity index (χ4n) is 2.95. The standard InChI is InChI=1S/C21H27FN2O5S/c1-28-19-11-6-16(15-20(19)29-2)12-13-23-21(25)5-4-14-24(30(3,26)27)18-9-7-17(22)8-10-18/h6-11,15H,4-5,12-14H2,1-3H3,(H,23,25). The molecule has 0 saturated carbocycles. The van der Waals surface area contributed by atoms with Crippen LogP contribution >= 0.6 is 0 Å². The van der Waals surface area contributed by atoms with Crippen molar-refractivity contribution >= 4 is 21.6 Å². The average Bonchev–Trinajstić information content (AvgIpc) is 2.71. The number of anilines is 1. The number of amides is 1. The number of carbonyl (C=O) groups excluding carboxylic acids is 1. The maximum Gasteiger partial charge on any atom is 0.232 e. The molecule has 0 aliphatic carbocycles. The van der Waals surface area contributed by atoms with Gasteiger partial charge < -0.3 is 14.8 Å². The van der Waals surface area contributed by atoms with E-state index in [1.807, 2.05) is 18.2 Å². The molecule has 0 saturated heterocycles. The first kappa shape index (κ1) is 23.5. The van der Waals surface area contributed by atoms with Gasteiger partial charge in [0, 0.05) is 19.5 Å². The molecule has 0 aliphatic rings. The number of nitrogens with one attached hydrogen (secondary N) is 1. The lowest BCUT2D eigenvalue weighted by atomic mass is 10.1. The third kappa shape index (κ3) is 6.91. The van der Waals surface area contributed by atoms with Crippen molar-refractivity contribution in [3.63, 3.8) is 0 Å². The molecule has 0 fully saturated rings. The van der Waals surface area contributed by atoms with E-state index >= 15 is 0 Å². The van der Waals surface area contributed by atoms with Gasteiger partial charge in [0.1, 0.15) is 5.82 Å². The normalized spacial score (nSPS) is 11.1. The number of rotatable bonds is 11. The fourth-order valence-corrected chi connectivity index (χ4v) is 3.91. The molecule has 0 spiro atoms. The Labute approximate surface area is 176 Å². The summed E-state index contributed by atoms with van der Waals surface area (Å²) in [4.78, 5) is 12.1. The van der Waals surface area contributed by atoms with Gasteiger partial charge in [-0.3, -0.25) is 9.10 Å². The zero-order chi connectivity index (χ0) is 22.1. The molecule has 0 atom stereocenters. The van der Waals surface area contributed by atoms with E-state index in [4.69, 9.17) is 9.47 Å². The van der Waals surface area contributed by atoms with Gasteiger partial charge in [-0.15, -0.1) is 0 Å². The van der Waals surface area contributed by atoms with Crippen molar-refractivity contribution < 1.29 is 27.1 Å². The molecule has 2 aromatic carbocycles. The number of benzene rings is 2. The number of hydrogen-bond acceptors (Lipinski definition) is 5. The number of ether oxygens (including phenoxy) is 2. The van der Waals surface area contributed by atoms with Crippen molar-refractivity contribution in [2.75, 3.05) is 37.9 Å². The Morgan fingerprint density at radius 2 is 1.73 bits per heavy atom. The molecule has 30 heavy (non-hydrogen) atoms. The minimum Gasteiger partial charge on any atom is -0.493 e. The van der Waals surface area contributed by atoms with Crippen molar-refractivity contribution in [3.8, 4) is 11.5 Å². The number of carbonyl (C=O) groups is 1. The monoisotopic (exact) mass is 438 g/mol. The third-order valence-electron chi connectivity index (χ3n) is 4.46. The molecular formula is C21H27FN2O5S. The summed E-state index contributed by atoms with van der Waals surface area (Å²) in [6.07, 6.45) is 2.22. The molecule has 7 nitrogen and oxygen atoms in total. The highest BCUT2D eigenvalue weighted by Gasteiger charge is 2.17. The van der Waals surface area contributed by atoms with Crippen LogP contribution in [-0.4, -0.2) is 47.9 Å². The number of halogens is 1. The molecule has 2 rings (SSSR count). The van der Waals surface area contributed by atoms with E-state index in [0.29, 0.717) is 36.6 Å². The molecule has 164 valence electrons. The summed E-state index contributed by atoms with van der Waals surface area (Å²) in [5.74, 6) is 0.661. The van der Waals surface area contributed by atoms with Gasteiger partial charge >= 0.3 is 0 Å². The zero-order valence-corrected chi connectivity index (χ0v) is 18.2. The van der Waals surface area contributed by atoms with Crippen LogP contribution in [0, 0.1) is 5.82 Å². The molecule has 2 aromatic rings. The molecular weight excluding hydrogens is 411 g/mol. The number of methoxy groups -OCH3 is 2. The Morgan fingerprint density at radius 1 is 1.07 bits per heavy atom. The Hall–Kier alpha value is -2.81. The topological polar surface area (TPSA) is 84.9 Å². The van der Waals surface area contributed by atoms with Crippen LogP contribution in [0.5, 0.6) is 11.5 Å². The SMILES string of the molecule is COc1ccc(CCNC(=O)CCCN(c2ccc(F)cc2)S(C)(=O)=O)cc1OC. The lowest BCUT2D eigenvalue weighted by Gasteiger charge is -2.22. The van der Waals surface area contributed by atoms with Crippen LogP contribution in [0.15, 0.2) is 42.5 Å². The number of hydrogen-bond donors (Lipinski definition) is 1. The van der Waals surface area contributed by atoms with Crippen molar-refractivity contribution in [1.82, 2.24) is 5.32 Å². The van der Waals surface area contributed by atoms with Crippen LogP contribution < -0.4 is 19.1 Å². The molecule has 1 N–H and O–H groups in total. The first-order valence-corrected chi connectivity index (χ1v) is 11.3. The first-order chi connectivity index (χ1) is 14.2. The molecule has 0 bridgehead atoms. The summed E-state index contributed by atoms with van der Waals surface area (Å²) in [5.41, 5.74) is 1.36. The van der Waals surface area contributed by atoms with E-state index in [-0.39, 0.29) is 18.9 Å². The van der Waals surface area contributed by atoms with Gasteiger partial charge in [-0.1, -0.05) is 6.07 Å². The Bertz CT molecular complexity index is 948. The second-order valence-corrected chi connectivity index (χ2v) is 8.61. The molecule has 0 aliphatic heterocycles. The van der Waals surface area contributed by atoms with Gasteiger partial charge in [0.15, 0.2) is 11.5 Å². The lowest BCUT2D eigenvalue weighted by molar-refractivity contribution is -0.121. The van der Waals surface area contributed by atoms with Gasteiger partial charge in [0.2, 0.25) is 15.9 Å². The van der Waals surface area contributed by atoms with Crippen LogP contribution in [0.1, 0.15) is 18.4 Å². The van der Waals surface area contributed by atoms with E-state index in [1.54, 1.807) is 14.2 Å². The molecule has 0 heterocycles. The van der Waals surface area contributed by atoms with E-state index in [0.717, 1.165) is 11.8 Å². The third-order valence-corrected chi connectivity index (χ3v) is 5.66. The minimum atomic E-state index is -3.54. The predicted molar refractivity (Wildman–Crippen MR) is 114 cm³/mol. The van der Waals surface area contributed by atoms with Crippen LogP contribution in [0.25, 0.3) is 0 Å². The second-order valence-electron chi connectivity index (χ2n) is 6.70. The van der Waals surface area contributed by atoms with Crippen molar-refractivity contribution in [1.29, 1.82) is 0 Å². The van der Waals surface area contributed by atoms with Gasteiger partial charge in [-0.2, -0.15) is 0 Å². The number of nitrogens with zero attached hydrogens (tertiary/aromatic N) is 1. The maximum atomic E-state index is 13.1. The predicted octanol–water partition coefficient (Wildman–Crippen LogP) is 2.75. The highest BCUT2D eigenvalue weighted by Crippen LogP contribution is 2.27. The van der Waals surface area contributed by atoms with Gasteiger partial charge in [0.25, 0.3) is 0 Å². The van der Waals surface area contributed by atoms with E-state index < -0.39 is 15.8 Å². The van der Waals surface area contributed by atoms with Crippen molar-refractivity contribution in [3.05, 3.63) is 53.8 Å². The molecule has 9 heteroatoms. The van der Waals surface area contributed by atoms with Gasteiger partial charge in [-0.25, -0.2) is 12.8 Å². The first-order valence-electron chi connectivity index (χ1n) is 9.45. The van der Waals surface area contributed by atoms with Crippen LogP contribution in [0.2, 0.25) is 0 Å². The minimum absolute atomic E-state index is 0.133. The summed E-state index contributed by atoms with van der Waals surface area (Å²) in [6, 6.07) is 10.8. The number of sulfonamides is 1. The molecule has 1 amide bonds. The second kappa shape index (κ2) is 10.8. The summed E-state index contributed by atoms with van der Waals surface area (Å²) in [5, 5.41) is 2.83. The summed E-state index contributed by atoms with van der Waals surface area (Å²) in [7, 11) is -0.404. The smallest absolute Gasteiger partial charge is 0.232 e. The summed E-state index contributed by atoms with van der Waals surface area (Å²) >= 11 is 0. The molecule has 0 unspecified atom stereocenters. The summed E-state index contributed by atoms with van der Waals surface area (Å²) < 4.78 is 48.8. The fraction of sp³-hybridized carbons (Fsp3) is 0.381. The van der Waals surface area contributed by atoms with E-state index in [1.165, 1.54) is 28.6 Å². The van der Waals surface area contributed by atoms with E-state index in [2.05, 4.69) is 5.32 Å². The van der Waals surface area contributed by atoms with Crippen LogP contribution in [-0.2, 0) is 21.2 Å². The maximum absolute atomic E-state index is 13.1. The van der Waals surface area contributed by atoms with Crippen molar-refractivity contribution in [2.24, 2.45) is 0 Å². The largest absolute Gasteiger partial charge is 0.493 e. The van der Waals surface area contributed by atoms with Gasteiger partial charge in [0.05, 0.1) is 26.2 Å². The van der Waals surface area contributed by atoms with E-state index in [9.17, 15) is 17.6 Å². The summed E-state index contributed by atoms with van der Waals surface area (Å²) in [6.45, 7) is 0.579. The quantitative estimate of drug-likeness (QED) is 0.583.